The van der Waals surface area contributed by atoms with Crippen molar-refractivity contribution in [3.05, 3.63) is 35.9 Å². The van der Waals surface area contributed by atoms with Gasteiger partial charge in [-0.3, -0.25) is 4.90 Å². The monoisotopic (exact) mass is 237 g/mol. The lowest BCUT2D eigenvalue weighted by atomic mass is 10.1. The van der Waals surface area contributed by atoms with Crippen LogP contribution in [-0.4, -0.2) is 40.6 Å². The number of nitrogens with zero attached hydrogens (tertiary/aromatic N) is 1. The molecule has 1 saturated heterocycles. The Morgan fingerprint density at radius 3 is 2.88 bits per heavy atom. The highest BCUT2D eigenvalue weighted by Gasteiger charge is 2.21. The van der Waals surface area contributed by atoms with Gasteiger partial charge in [0.05, 0.1) is 6.10 Å². The van der Waals surface area contributed by atoms with Gasteiger partial charge in [-0.15, -0.1) is 0 Å². The molecule has 1 heterocycles. The first-order chi connectivity index (χ1) is 7.77. The average molecular weight is 237 g/mol. The molecule has 1 fully saturated rings. The molecule has 2 rings (SSSR count). The Kier molecular flexibility index (Phi) is 4.27. The molecule has 0 amide bonds. The Balaban J connectivity index is 1.94. The highest BCUT2D eigenvalue weighted by Crippen LogP contribution is 2.20. The lowest BCUT2D eigenvalue weighted by molar-refractivity contribution is 0.0989. The smallest absolute Gasteiger partial charge is 0.0917 e. The summed E-state index contributed by atoms with van der Waals surface area (Å²) < 4.78 is 0. The maximum absolute atomic E-state index is 10.1. The van der Waals surface area contributed by atoms with Crippen LogP contribution in [0.2, 0.25) is 0 Å². The minimum atomic E-state index is -0.355. The van der Waals surface area contributed by atoms with Gasteiger partial charge >= 0.3 is 0 Å². The summed E-state index contributed by atoms with van der Waals surface area (Å²) in [6.07, 6.45) is -0.355. The summed E-state index contributed by atoms with van der Waals surface area (Å²) in [5, 5.41) is 10.1. The standard InChI is InChI=1S/C13H19NOS/c1-11-10-16-8-7-14(11)9-13(15)12-5-3-2-4-6-12/h2-6,11,13,15H,7-10H2,1H3. The zero-order valence-electron chi connectivity index (χ0n) is 9.67. The Labute approximate surface area is 102 Å². The topological polar surface area (TPSA) is 23.5 Å². The molecule has 1 N–H and O–H groups in total. The second kappa shape index (κ2) is 5.71. The van der Waals surface area contributed by atoms with Crippen LogP contribution in [0.4, 0.5) is 0 Å². The number of β-amino-alcohol motifs (C(OH)–C–C–N with tert-alkyl or cyclic N) is 1. The predicted molar refractivity (Wildman–Crippen MR) is 69.8 cm³/mol. The van der Waals surface area contributed by atoms with E-state index in [0.717, 1.165) is 18.7 Å². The molecule has 0 radical (unpaired) electrons. The Hall–Kier alpha value is -0.510. The van der Waals surface area contributed by atoms with Crippen molar-refractivity contribution in [3.63, 3.8) is 0 Å². The zero-order valence-corrected chi connectivity index (χ0v) is 10.5. The van der Waals surface area contributed by atoms with Crippen molar-refractivity contribution in [2.45, 2.75) is 19.1 Å². The number of thioether (sulfide) groups is 1. The minimum Gasteiger partial charge on any atom is -0.387 e. The third-order valence-electron chi connectivity index (χ3n) is 3.10. The van der Waals surface area contributed by atoms with E-state index in [1.54, 1.807) is 0 Å². The van der Waals surface area contributed by atoms with E-state index in [2.05, 4.69) is 11.8 Å². The fourth-order valence-electron chi connectivity index (χ4n) is 2.04. The van der Waals surface area contributed by atoms with Gasteiger partial charge in [0.15, 0.2) is 0 Å². The third kappa shape index (κ3) is 3.00. The van der Waals surface area contributed by atoms with E-state index < -0.39 is 0 Å². The number of aliphatic hydroxyl groups is 1. The van der Waals surface area contributed by atoms with Gasteiger partial charge in [-0.1, -0.05) is 30.3 Å². The van der Waals surface area contributed by atoms with Crippen molar-refractivity contribution < 1.29 is 5.11 Å². The van der Waals surface area contributed by atoms with Gasteiger partial charge in [0.1, 0.15) is 0 Å². The highest BCUT2D eigenvalue weighted by atomic mass is 32.2. The largest absolute Gasteiger partial charge is 0.387 e. The van der Waals surface area contributed by atoms with Gasteiger partial charge in [0.2, 0.25) is 0 Å². The summed E-state index contributed by atoms with van der Waals surface area (Å²) >= 11 is 2.01. The van der Waals surface area contributed by atoms with Crippen LogP contribution in [0.15, 0.2) is 30.3 Å². The van der Waals surface area contributed by atoms with E-state index in [-0.39, 0.29) is 6.10 Å². The van der Waals surface area contributed by atoms with E-state index in [4.69, 9.17) is 0 Å². The number of hydrogen-bond donors (Lipinski definition) is 1. The lowest BCUT2D eigenvalue weighted by Gasteiger charge is -2.34. The van der Waals surface area contributed by atoms with Crippen molar-refractivity contribution in [3.8, 4) is 0 Å². The molecule has 2 atom stereocenters. The highest BCUT2D eigenvalue weighted by molar-refractivity contribution is 7.99. The first-order valence-electron chi connectivity index (χ1n) is 5.82. The second-order valence-electron chi connectivity index (χ2n) is 4.35. The first-order valence-corrected chi connectivity index (χ1v) is 6.97. The van der Waals surface area contributed by atoms with Crippen molar-refractivity contribution in [2.24, 2.45) is 0 Å². The van der Waals surface area contributed by atoms with Gasteiger partial charge in [0, 0.05) is 30.6 Å². The number of rotatable bonds is 3. The van der Waals surface area contributed by atoms with Gasteiger partial charge < -0.3 is 5.11 Å². The molecule has 0 saturated carbocycles. The number of benzene rings is 1. The first kappa shape index (κ1) is 12.0. The molecular formula is C13H19NOS. The molecule has 2 unspecified atom stereocenters. The average Bonchev–Trinajstić information content (AvgIpc) is 2.33. The Bertz CT molecular complexity index is 317. The van der Waals surface area contributed by atoms with Crippen molar-refractivity contribution in [2.75, 3.05) is 24.6 Å². The summed E-state index contributed by atoms with van der Waals surface area (Å²) in [6.45, 7) is 4.09. The van der Waals surface area contributed by atoms with Gasteiger partial charge in [-0.05, 0) is 12.5 Å². The summed E-state index contributed by atoms with van der Waals surface area (Å²) in [4.78, 5) is 2.38. The van der Waals surface area contributed by atoms with E-state index in [9.17, 15) is 5.11 Å². The van der Waals surface area contributed by atoms with E-state index in [1.807, 2.05) is 42.1 Å². The summed E-state index contributed by atoms with van der Waals surface area (Å²) in [5.74, 6) is 2.37. The molecule has 88 valence electrons. The lowest BCUT2D eigenvalue weighted by Crippen LogP contribution is -2.42. The van der Waals surface area contributed by atoms with Crippen LogP contribution in [-0.2, 0) is 0 Å². The maximum Gasteiger partial charge on any atom is 0.0917 e. The third-order valence-corrected chi connectivity index (χ3v) is 4.29. The van der Waals surface area contributed by atoms with Crippen molar-refractivity contribution in [1.82, 2.24) is 4.90 Å². The number of hydrogen-bond acceptors (Lipinski definition) is 3. The number of aliphatic hydroxyl groups excluding tert-OH is 1. The second-order valence-corrected chi connectivity index (χ2v) is 5.50. The van der Waals surface area contributed by atoms with E-state index in [1.165, 1.54) is 11.5 Å². The fourth-order valence-corrected chi connectivity index (χ4v) is 3.12. The minimum absolute atomic E-state index is 0.355. The van der Waals surface area contributed by atoms with Crippen molar-refractivity contribution in [1.29, 1.82) is 0 Å². The zero-order chi connectivity index (χ0) is 11.4. The van der Waals surface area contributed by atoms with Crippen LogP contribution < -0.4 is 0 Å². The molecule has 0 aromatic heterocycles. The fraction of sp³-hybridized carbons (Fsp3) is 0.538. The Morgan fingerprint density at radius 2 is 2.19 bits per heavy atom. The molecule has 2 nitrogen and oxygen atoms in total. The van der Waals surface area contributed by atoms with Crippen LogP contribution in [0, 0.1) is 0 Å². The molecule has 0 aliphatic carbocycles. The molecular weight excluding hydrogens is 218 g/mol. The summed E-state index contributed by atoms with van der Waals surface area (Å²) in [5.41, 5.74) is 1.02. The quantitative estimate of drug-likeness (QED) is 0.871. The summed E-state index contributed by atoms with van der Waals surface area (Å²) in [7, 11) is 0. The molecule has 1 aromatic rings. The van der Waals surface area contributed by atoms with E-state index in [0.29, 0.717) is 6.04 Å². The van der Waals surface area contributed by atoms with Gasteiger partial charge in [0.25, 0.3) is 0 Å². The molecule has 0 bridgehead atoms. The molecule has 16 heavy (non-hydrogen) atoms. The molecule has 1 aromatic carbocycles. The molecule has 3 heteroatoms. The van der Waals surface area contributed by atoms with Gasteiger partial charge in [-0.25, -0.2) is 0 Å². The predicted octanol–water partition coefficient (Wildman–Crippen LogP) is 2.16. The normalized spacial score (nSPS) is 24.2. The van der Waals surface area contributed by atoms with Crippen LogP contribution in [0.3, 0.4) is 0 Å². The Morgan fingerprint density at radius 1 is 1.44 bits per heavy atom. The van der Waals surface area contributed by atoms with Crippen LogP contribution >= 0.6 is 11.8 Å². The molecule has 1 aliphatic heterocycles. The van der Waals surface area contributed by atoms with Crippen molar-refractivity contribution >= 4 is 11.8 Å². The van der Waals surface area contributed by atoms with Gasteiger partial charge in [-0.2, -0.15) is 11.8 Å². The molecule has 1 aliphatic rings. The SMILES string of the molecule is CC1CSCCN1CC(O)c1ccccc1. The maximum atomic E-state index is 10.1. The van der Waals surface area contributed by atoms with Crippen LogP contribution in [0.25, 0.3) is 0 Å². The van der Waals surface area contributed by atoms with Crippen LogP contribution in [0.1, 0.15) is 18.6 Å². The molecule has 0 spiro atoms. The van der Waals surface area contributed by atoms with E-state index >= 15 is 0 Å². The van der Waals surface area contributed by atoms with Crippen LogP contribution in [0.5, 0.6) is 0 Å². The summed E-state index contributed by atoms with van der Waals surface area (Å²) in [6, 6.07) is 10.5.